The van der Waals surface area contributed by atoms with Crippen LogP contribution in [0.25, 0.3) is 11.3 Å². The maximum absolute atomic E-state index is 12.5. The fourth-order valence-electron chi connectivity index (χ4n) is 2.72. The van der Waals surface area contributed by atoms with Crippen molar-refractivity contribution < 1.29 is 14.4 Å². The van der Waals surface area contributed by atoms with Crippen LogP contribution in [-0.2, 0) is 0 Å². The summed E-state index contributed by atoms with van der Waals surface area (Å²) in [4.78, 5) is 12.5. The number of aliphatic hydroxyl groups excluding tert-OH is 1. The van der Waals surface area contributed by atoms with Crippen LogP contribution in [0.2, 0.25) is 5.02 Å². The Balaban J connectivity index is 1.81. The largest absolute Gasteiger partial charge is 0.391 e. The Labute approximate surface area is 138 Å². The molecule has 6 nitrogen and oxygen atoms in total. The zero-order chi connectivity index (χ0) is 16.4. The Morgan fingerprint density at radius 1 is 1.48 bits per heavy atom. The van der Waals surface area contributed by atoms with E-state index >= 15 is 0 Å². The van der Waals surface area contributed by atoms with Gasteiger partial charge in [-0.1, -0.05) is 35.0 Å². The molecule has 1 saturated heterocycles. The summed E-state index contributed by atoms with van der Waals surface area (Å²) in [6.07, 6.45) is -0.443. The molecule has 122 valence electrons. The fourth-order valence-corrected chi connectivity index (χ4v) is 2.94. The van der Waals surface area contributed by atoms with Crippen LogP contribution in [-0.4, -0.2) is 41.9 Å². The number of halogens is 1. The molecule has 7 heteroatoms. The van der Waals surface area contributed by atoms with Gasteiger partial charge < -0.3 is 20.3 Å². The van der Waals surface area contributed by atoms with E-state index in [0.29, 0.717) is 47.2 Å². The van der Waals surface area contributed by atoms with Crippen molar-refractivity contribution in [2.45, 2.75) is 13.0 Å². The van der Waals surface area contributed by atoms with Crippen molar-refractivity contribution in [3.05, 3.63) is 40.6 Å². The molecular weight excluding hydrogens is 318 g/mol. The molecule has 0 saturated carbocycles. The summed E-state index contributed by atoms with van der Waals surface area (Å²) >= 11 is 6.19. The van der Waals surface area contributed by atoms with Crippen LogP contribution in [0.1, 0.15) is 16.1 Å². The van der Waals surface area contributed by atoms with Gasteiger partial charge in [-0.25, -0.2) is 0 Å². The van der Waals surface area contributed by atoms with Crippen LogP contribution >= 0.6 is 11.6 Å². The molecule has 3 N–H and O–H groups in total. The molecule has 0 spiro atoms. The summed E-state index contributed by atoms with van der Waals surface area (Å²) in [5.74, 6) is 0.156. The molecule has 1 amide bonds. The number of rotatable bonds is 4. The number of β-amino-alcohol motifs (C(OH)–C–C–N with tert-alkyl or cyclic N) is 1. The van der Waals surface area contributed by atoms with Crippen molar-refractivity contribution in [3.63, 3.8) is 0 Å². The van der Waals surface area contributed by atoms with Gasteiger partial charge in [-0.3, -0.25) is 4.79 Å². The van der Waals surface area contributed by atoms with Gasteiger partial charge in [0.25, 0.3) is 5.91 Å². The molecule has 0 radical (unpaired) electrons. The summed E-state index contributed by atoms with van der Waals surface area (Å²) in [6, 6.07) is 7.17. The van der Waals surface area contributed by atoms with Gasteiger partial charge in [-0.15, -0.1) is 0 Å². The standard InChI is InChI=1S/C16H18ClN3O3/c1-9-14(16(22)19-7-10-6-18-8-13(10)21)15(20-23-9)11-4-2-3-5-12(11)17/h2-5,10,13,18,21H,6-8H2,1H3,(H,19,22). The number of aliphatic hydroxyl groups is 1. The Morgan fingerprint density at radius 2 is 2.26 bits per heavy atom. The molecule has 1 aromatic carbocycles. The van der Waals surface area contributed by atoms with Crippen LogP contribution < -0.4 is 10.6 Å². The van der Waals surface area contributed by atoms with E-state index in [-0.39, 0.29) is 11.8 Å². The number of aromatic nitrogens is 1. The molecule has 3 rings (SSSR count). The molecular formula is C16H18ClN3O3. The Hall–Kier alpha value is -1.89. The lowest BCUT2D eigenvalue weighted by atomic mass is 10.0. The van der Waals surface area contributed by atoms with Gasteiger partial charge in [0.1, 0.15) is 17.0 Å². The second-order valence-electron chi connectivity index (χ2n) is 5.64. The van der Waals surface area contributed by atoms with Crippen LogP contribution in [0, 0.1) is 12.8 Å². The number of amides is 1. The number of hydrogen-bond acceptors (Lipinski definition) is 5. The molecule has 1 aliphatic rings. The lowest BCUT2D eigenvalue weighted by Crippen LogP contribution is -2.34. The highest BCUT2D eigenvalue weighted by atomic mass is 35.5. The summed E-state index contributed by atoms with van der Waals surface area (Å²) in [6.45, 7) is 3.31. The van der Waals surface area contributed by atoms with Gasteiger partial charge >= 0.3 is 0 Å². The first-order valence-corrected chi connectivity index (χ1v) is 7.84. The van der Waals surface area contributed by atoms with E-state index in [1.807, 2.05) is 12.1 Å². The number of benzene rings is 1. The molecule has 23 heavy (non-hydrogen) atoms. The number of nitrogens with one attached hydrogen (secondary N) is 2. The third kappa shape index (κ3) is 3.24. The predicted molar refractivity (Wildman–Crippen MR) is 86.4 cm³/mol. The molecule has 2 heterocycles. The van der Waals surface area contributed by atoms with E-state index in [1.165, 1.54) is 0 Å². The first kappa shape index (κ1) is 16.0. The number of nitrogens with zero attached hydrogens (tertiary/aromatic N) is 1. The Morgan fingerprint density at radius 3 is 2.96 bits per heavy atom. The van der Waals surface area contributed by atoms with Gasteiger partial charge in [0.05, 0.1) is 11.1 Å². The monoisotopic (exact) mass is 335 g/mol. The Bertz CT molecular complexity index is 716. The minimum atomic E-state index is -0.443. The maximum atomic E-state index is 12.5. The van der Waals surface area contributed by atoms with Crippen molar-refractivity contribution in [2.24, 2.45) is 5.92 Å². The SMILES string of the molecule is Cc1onc(-c2ccccc2Cl)c1C(=O)NCC1CNCC1O. The highest BCUT2D eigenvalue weighted by Crippen LogP contribution is 2.30. The van der Waals surface area contributed by atoms with Gasteiger partial charge in [0.2, 0.25) is 0 Å². The maximum Gasteiger partial charge on any atom is 0.257 e. The molecule has 0 aliphatic carbocycles. The lowest BCUT2D eigenvalue weighted by molar-refractivity contribution is 0.0926. The van der Waals surface area contributed by atoms with Gasteiger partial charge in [0.15, 0.2) is 0 Å². The number of hydrogen-bond donors (Lipinski definition) is 3. The van der Waals surface area contributed by atoms with E-state index in [0.717, 1.165) is 0 Å². The Kier molecular flexibility index (Phi) is 4.66. The molecule has 2 atom stereocenters. The van der Waals surface area contributed by atoms with E-state index in [1.54, 1.807) is 19.1 Å². The van der Waals surface area contributed by atoms with Crippen molar-refractivity contribution >= 4 is 17.5 Å². The quantitative estimate of drug-likeness (QED) is 0.790. The summed E-state index contributed by atoms with van der Waals surface area (Å²) in [7, 11) is 0. The van der Waals surface area contributed by atoms with Crippen molar-refractivity contribution in [1.82, 2.24) is 15.8 Å². The molecule has 1 aromatic heterocycles. The predicted octanol–water partition coefficient (Wildman–Crippen LogP) is 1.61. The van der Waals surface area contributed by atoms with E-state index < -0.39 is 6.10 Å². The summed E-state index contributed by atoms with van der Waals surface area (Å²) < 4.78 is 5.19. The smallest absolute Gasteiger partial charge is 0.257 e. The molecule has 1 aliphatic heterocycles. The second-order valence-corrected chi connectivity index (χ2v) is 6.05. The van der Waals surface area contributed by atoms with Gasteiger partial charge in [0, 0.05) is 31.1 Å². The number of carbonyl (C=O) groups excluding carboxylic acids is 1. The minimum Gasteiger partial charge on any atom is -0.391 e. The molecule has 2 aromatic rings. The zero-order valence-electron chi connectivity index (χ0n) is 12.7. The van der Waals surface area contributed by atoms with Crippen LogP contribution in [0.4, 0.5) is 0 Å². The molecule has 2 unspecified atom stereocenters. The normalized spacial score (nSPS) is 20.7. The average Bonchev–Trinajstić information content (AvgIpc) is 3.11. The van der Waals surface area contributed by atoms with Crippen LogP contribution in [0.3, 0.4) is 0 Å². The number of aryl methyl sites for hydroxylation is 1. The van der Waals surface area contributed by atoms with E-state index in [4.69, 9.17) is 16.1 Å². The van der Waals surface area contributed by atoms with Crippen molar-refractivity contribution in [1.29, 1.82) is 0 Å². The summed E-state index contributed by atoms with van der Waals surface area (Å²) in [5.41, 5.74) is 1.45. The highest BCUT2D eigenvalue weighted by molar-refractivity contribution is 6.33. The highest BCUT2D eigenvalue weighted by Gasteiger charge is 2.27. The number of carbonyl (C=O) groups is 1. The average molecular weight is 336 g/mol. The summed E-state index contributed by atoms with van der Waals surface area (Å²) in [5, 5.41) is 20.2. The van der Waals surface area contributed by atoms with E-state index in [2.05, 4.69) is 15.8 Å². The van der Waals surface area contributed by atoms with Gasteiger partial charge in [-0.05, 0) is 13.0 Å². The third-order valence-electron chi connectivity index (χ3n) is 4.05. The first-order chi connectivity index (χ1) is 11.1. The van der Waals surface area contributed by atoms with Crippen molar-refractivity contribution in [2.75, 3.05) is 19.6 Å². The topological polar surface area (TPSA) is 87.4 Å². The molecule has 1 fully saturated rings. The van der Waals surface area contributed by atoms with E-state index in [9.17, 15) is 9.90 Å². The molecule has 0 bridgehead atoms. The zero-order valence-corrected chi connectivity index (χ0v) is 13.4. The van der Waals surface area contributed by atoms with Crippen LogP contribution in [0.15, 0.2) is 28.8 Å². The second kappa shape index (κ2) is 6.70. The van der Waals surface area contributed by atoms with Gasteiger partial charge in [-0.2, -0.15) is 0 Å². The lowest BCUT2D eigenvalue weighted by Gasteiger charge is -2.14. The minimum absolute atomic E-state index is 0.00267. The fraction of sp³-hybridized carbons (Fsp3) is 0.375. The first-order valence-electron chi connectivity index (χ1n) is 7.46. The van der Waals surface area contributed by atoms with Crippen LogP contribution in [0.5, 0.6) is 0 Å². The van der Waals surface area contributed by atoms with Crippen molar-refractivity contribution in [3.8, 4) is 11.3 Å². The third-order valence-corrected chi connectivity index (χ3v) is 4.38.